The van der Waals surface area contributed by atoms with Crippen LogP contribution in [0.25, 0.3) is 27.8 Å². The molecule has 28 heavy (non-hydrogen) atoms. The van der Waals surface area contributed by atoms with Gasteiger partial charge in [-0.25, -0.2) is 20.1 Å². The molecule has 0 aliphatic heterocycles. The fraction of sp³-hybridized carbons (Fsp3) is 0.263. The summed E-state index contributed by atoms with van der Waals surface area (Å²) in [6.45, 7) is 6.17. The Kier molecular flexibility index (Phi) is 4.44. The number of nitrogens with one attached hydrogen (secondary N) is 1. The number of benzene rings is 1. The molecule has 0 aliphatic carbocycles. The van der Waals surface area contributed by atoms with Gasteiger partial charge in [0.15, 0.2) is 11.5 Å². The third-order valence-corrected chi connectivity index (χ3v) is 4.45. The van der Waals surface area contributed by atoms with Crippen LogP contribution >= 0.6 is 0 Å². The minimum absolute atomic E-state index is 0.0491. The van der Waals surface area contributed by atoms with Gasteiger partial charge in [-0.05, 0) is 32.9 Å². The molecular formula is C19H21N7O2. The number of hydrogen-bond donors (Lipinski definition) is 2. The molecule has 3 N–H and O–H groups in total. The zero-order valence-corrected chi connectivity index (χ0v) is 15.9. The van der Waals surface area contributed by atoms with E-state index >= 15 is 0 Å². The fourth-order valence-electron chi connectivity index (χ4n) is 3.23. The number of rotatable bonds is 5. The first-order chi connectivity index (χ1) is 13.5. The number of aromatic nitrogens is 5. The average Bonchev–Trinajstić information content (AvgIpc) is 3.25. The molecule has 0 bridgehead atoms. The molecule has 4 aromatic rings. The van der Waals surface area contributed by atoms with Crippen LogP contribution in [0.15, 0.2) is 36.7 Å². The third-order valence-electron chi connectivity index (χ3n) is 4.45. The molecule has 0 saturated carbocycles. The van der Waals surface area contributed by atoms with Gasteiger partial charge in [0.1, 0.15) is 23.2 Å². The Morgan fingerprint density at radius 2 is 2.07 bits per heavy atom. The maximum atomic E-state index is 12.8. The molecule has 0 fully saturated rings. The van der Waals surface area contributed by atoms with Gasteiger partial charge in [0.25, 0.3) is 5.91 Å². The van der Waals surface area contributed by atoms with Gasteiger partial charge in [-0.2, -0.15) is 5.10 Å². The monoisotopic (exact) mass is 379 g/mol. The van der Waals surface area contributed by atoms with E-state index in [1.54, 1.807) is 22.2 Å². The van der Waals surface area contributed by atoms with E-state index in [1.165, 1.54) is 6.33 Å². The number of hydroxylamine groups is 1. The minimum Gasteiger partial charge on any atom is -0.383 e. The number of nitrogens with zero attached hydrogens (tertiary/aromatic N) is 5. The van der Waals surface area contributed by atoms with Crippen LogP contribution < -0.4 is 11.2 Å². The molecule has 9 heteroatoms. The first kappa shape index (κ1) is 17.9. The highest BCUT2D eigenvalue weighted by Gasteiger charge is 2.24. The maximum Gasteiger partial charge on any atom is 0.291 e. The largest absolute Gasteiger partial charge is 0.383 e. The lowest BCUT2D eigenvalue weighted by Gasteiger charge is -2.09. The lowest BCUT2D eigenvalue weighted by atomic mass is 10.2. The standard InChI is InChI=1S/C19H21N7O2/c1-4-28-24-19(27)14-9-12-7-5-6-8-13(12)25(14)18-15-16(20)21-10-22-17(15)26(23-18)11(2)3/h5-11H,4H2,1-3H3,(H,24,27)(H2,20,21,22). The van der Waals surface area contributed by atoms with Gasteiger partial charge in [0.05, 0.1) is 12.1 Å². The quantitative estimate of drug-likeness (QED) is 0.515. The molecular weight excluding hydrogens is 358 g/mol. The number of anilines is 1. The van der Waals surface area contributed by atoms with E-state index < -0.39 is 0 Å². The van der Waals surface area contributed by atoms with Crippen LogP contribution in [0.5, 0.6) is 0 Å². The number of amides is 1. The summed E-state index contributed by atoms with van der Waals surface area (Å²) in [5.74, 6) is 0.436. The fourth-order valence-corrected chi connectivity index (χ4v) is 3.23. The molecule has 4 rings (SSSR count). The Hall–Kier alpha value is -3.46. The van der Waals surface area contributed by atoms with Crippen molar-refractivity contribution in [2.75, 3.05) is 12.3 Å². The first-order valence-corrected chi connectivity index (χ1v) is 9.04. The van der Waals surface area contributed by atoms with Crippen LogP contribution in [0.3, 0.4) is 0 Å². The highest BCUT2D eigenvalue weighted by atomic mass is 16.6. The van der Waals surface area contributed by atoms with Crippen LogP contribution in [0.1, 0.15) is 37.3 Å². The molecule has 3 heterocycles. The lowest BCUT2D eigenvalue weighted by Crippen LogP contribution is -2.26. The highest BCUT2D eigenvalue weighted by molar-refractivity contribution is 6.02. The second kappa shape index (κ2) is 6.93. The van der Waals surface area contributed by atoms with Gasteiger partial charge >= 0.3 is 0 Å². The zero-order chi connectivity index (χ0) is 19.8. The van der Waals surface area contributed by atoms with Crippen molar-refractivity contribution in [3.63, 3.8) is 0 Å². The molecule has 3 aromatic heterocycles. The molecule has 0 aliphatic rings. The highest BCUT2D eigenvalue weighted by Crippen LogP contribution is 2.31. The van der Waals surface area contributed by atoms with E-state index in [9.17, 15) is 4.79 Å². The van der Waals surface area contributed by atoms with Crippen molar-refractivity contribution in [1.29, 1.82) is 0 Å². The predicted octanol–water partition coefficient (Wildman–Crippen LogP) is 2.61. The molecule has 0 saturated heterocycles. The zero-order valence-electron chi connectivity index (χ0n) is 15.9. The second-order valence-electron chi connectivity index (χ2n) is 6.61. The summed E-state index contributed by atoms with van der Waals surface area (Å²) in [7, 11) is 0. The van der Waals surface area contributed by atoms with E-state index in [0.29, 0.717) is 35.0 Å². The van der Waals surface area contributed by atoms with Crippen LogP contribution in [-0.4, -0.2) is 36.8 Å². The lowest BCUT2D eigenvalue weighted by molar-refractivity contribution is 0.0358. The molecule has 0 radical (unpaired) electrons. The van der Waals surface area contributed by atoms with Crippen molar-refractivity contribution >= 4 is 33.7 Å². The summed E-state index contributed by atoms with van der Waals surface area (Å²) in [5.41, 5.74) is 10.5. The van der Waals surface area contributed by atoms with Crippen molar-refractivity contribution < 1.29 is 9.63 Å². The van der Waals surface area contributed by atoms with E-state index in [1.807, 2.05) is 38.1 Å². The summed E-state index contributed by atoms with van der Waals surface area (Å²) in [5, 5.41) is 6.24. The van der Waals surface area contributed by atoms with Crippen molar-refractivity contribution in [2.45, 2.75) is 26.8 Å². The van der Waals surface area contributed by atoms with E-state index in [4.69, 9.17) is 15.7 Å². The number of carbonyl (C=O) groups excluding carboxylic acids is 1. The molecule has 0 atom stereocenters. The average molecular weight is 379 g/mol. The number of nitrogens with two attached hydrogens (primary N) is 1. The van der Waals surface area contributed by atoms with Gasteiger partial charge in [0.2, 0.25) is 0 Å². The van der Waals surface area contributed by atoms with Gasteiger partial charge in [-0.1, -0.05) is 18.2 Å². The Balaban J connectivity index is 2.06. The predicted molar refractivity (Wildman–Crippen MR) is 106 cm³/mol. The Morgan fingerprint density at radius 1 is 1.29 bits per heavy atom. The van der Waals surface area contributed by atoms with Gasteiger partial charge in [0, 0.05) is 11.4 Å². The topological polar surface area (TPSA) is 113 Å². The number of fused-ring (bicyclic) bond motifs is 2. The molecule has 1 amide bonds. The first-order valence-electron chi connectivity index (χ1n) is 9.04. The van der Waals surface area contributed by atoms with Crippen LogP contribution in [0.2, 0.25) is 0 Å². The van der Waals surface area contributed by atoms with Crippen molar-refractivity contribution in [3.8, 4) is 5.82 Å². The Morgan fingerprint density at radius 3 is 2.82 bits per heavy atom. The summed E-state index contributed by atoms with van der Waals surface area (Å²) < 4.78 is 3.55. The number of nitrogen functional groups attached to an aromatic ring is 1. The SMILES string of the molecule is CCONC(=O)c1cc2ccccc2n1-c1nn(C(C)C)c2ncnc(N)c12. The summed E-state index contributed by atoms with van der Waals surface area (Å²) >= 11 is 0. The van der Waals surface area contributed by atoms with E-state index in [0.717, 1.165) is 10.9 Å². The molecule has 9 nitrogen and oxygen atoms in total. The van der Waals surface area contributed by atoms with Gasteiger partial charge < -0.3 is 5.73 Å². The Labute approximate surface area is 161 Å². The smallest absolute Gasteiger partial charge is 0.291 e. The normalized spacial score (nSPS) is 11.6. The van der Waals surface area contributed by atoms with Gasteiger partial charge in [-0.3, -0.25) is 14.2 Å². The molecule has 0 unspecified atom stereocenters. The van der Waals surface area contributed by atoms with Crippen molar-refractivity contribution in [2.24, 2.45) is 0 Å². The number of hydrogen-bond acceptors (Lipinski definition) is 6. The number of para-hydroxylation sites is 1. The summed E-state index contributed by atoms with van der Waals surface area (Å²) in [6, 6.07) is 9.53. The molecule has 0 spiro atoms. The second-order valence-corrected chi connectivity index (χ2v) is 6.61. The van der Waals surface area contributed by atoms with E-state index in [-0.39, 0.29) is 11.9 Å². The summed E-state index contributed by atoms with van der Waals surface area (Å²) in [6.07, 6.45) is 1.42. The summed E-state index contributed by atoms with van der Waals surface area (Å²) in [4.78, 5) is 26.4. The molecule has 144 valence electrons. The molecule has 1 aromatic carbocycles. The third kappa shape index (κ3) is 2.76. The minimum atomic E-state index is -0.374. The van der Waals surface area contributed by atoms with Crippen LogP contribution in [0.4, 0.5) is 5.82 Å². The van der Waals surface area contributed by atoms with Crippen LogP contribution in [0, 0.1) is 0 Å². The number of carbonyl (C=O) groups is 1. The van der Waals surface area contributed by atoms with Crippen molar-refractivity contribution in [3.05, 3.63) is 42.4 Å². The van der Waals surface area contributed by atoms with Crippen LogP contribution in [-0.2, 0) is 4.84 Å². The van der Waals surface area contributed by atoms with E-state index in [2.05, 4.69) is 15.4 Å². The maximum absolute atomic E-state index is 12.8. The van der Waals surface area contributed by atoms with Crippen molar-refractivity contribution in [1.82, 2.24) is 29.8 Å². The van der Waals surface area contributed by atoms with Gasteiger partial charge in [-0.15, -0.1) is 0 Å². The Bertz CT molecular complexity index is 1180.